The zero-order valence-corrected chi connectivity index (χ0v) is 13.5. The van der Waals surface area contributed by atoms with E-state index in [9.17, 15) is 9.59 Å². The summed E-state index contributed by atoms with van der Waals surface area (Å²) < 4.78 is 5.64. The number of amides is 1. The molecule has 0 aliphatic heterocycles. The lowest BCUT2D eigenvalue weighted by atomic mass is 10.2. The molecule has 0 bridgehead atoms. The van der Waals surface area contributed by atoms with E-state index < -0.39 is 5.97 Å². The maximum absolute atomic E-state index is 11.8. The minimum atomic E-state index is -0.440. The molecule has 2 aromatic rings. The standard InChI is InChI=1S/C15H12BrNO3S/c1-20-15(19)10-3-2-4-11(9-10)17-14(18)8-6-12-5-7-13(16)21-12/h2-9H,1H3,(H,17,18). The molecule has 2 rings (SSSR count). The molecule has 0 unspecified atom stereocenters. The van der Waals surface area contributed by atoms with Gasteiger partial charge >= 0.3 is 5.97 Å². The topological polar surface area (TPSA) is 55.4 Å². The molecule has 0 fully saturated rings. The Kier molecular flexibility index (Phi) is 5.30. The molecule has 6 heteroatoms. The summed E-state index contributed by atoms with van der Waals surface area (Å²) in [7, 11) is 1.31. The van der Waals surface area contributed by atoms with Crippen LogP contribution in [0.4, 0.5) is 5.69 Å². The van der Waals surface area contributed by atoms with Gasteiger partial charge in [-0.2, -0.15) is 0 Å². The van der Waals surface area contributed by atoms with Crippen LogP contribution in [-0.2, 0) is 9.53 Å². The van der Waals surface area contributed by atoms with Crippen LogP contribution >= 0.6 is 27.3 Å². The number of benzene rings is 1. The number of carbonyl (C=O) groups is 2. The van der Waals surface area contributed by atoms with E-state index in [0.717, 1.165) is 8.66 Å². The molecule has 1 aromatic heterocycles. The minimum absolute atomic E-state index is 0.262. The van der Waals surface area contributed by atoms with Crippen molar-refractivity contribution in [2.75, 3.05) is 12.4 Å². The third kappa shape index (κ3) is 4.54. The van der Waals surface area contributed by atoms with Gasteiger partial charge in [0.1, 0.15) is 0 Å². The predicted molar refractivity (Wildman–Crippen MR) is 87.5 cm³/mol. The molecule has 0 aliphatic carbocycles. The van der Waals surface area contributed by atoms with E-state index in [-0.39, 0.29) is 5.91 Å². The molecule has 1 aromatic carbocycles. The Morgan fingerprint density at radius 2 is 2.10 bits per heavy atom. The minimum Gasteiger partial charge on any atom is -0.465 e. The van der Waals surface area contributed by atoms with Gasteiger partial charge in [-0.05, 0) is 52.3 Å². The van der Waals surface area contributed by atoms with E-state index >= 15 is 0 Å². The van der Waals surface area contributed by atoms with Crippen LogP contribution in [0, 0.1) is 0 Å². The highest BCUT2D eigenvalue weighted by Crippen LogP contribution is 2.23. The SMILES string of the molecule is COC(=O)c1cccc(NC(=O)C=Cc2ccc(Br)s2)c1. The third-order valence-corrected chi connectivity index (χ3v) is 4.13. The molecule has 0 aliphatic rings. The summed E-state index contributed by atoms with van der Waals surface area (Å²) in [5.74, 6) is -0.702. The van der Waals surface area contributed by atoms with Crippen molar-refractivity contribution in [1.29, 1.82) is 0 Å². The number of nitrogens with one attached hydrogen (secondary N) is 1. The molecule has 108 valence electrons. The summed E-state index contributed by atoms with van der Waals surface area (Å²) in [6, 6.07) is 10.4. The van der Waals surface area contributed by atoms with Gasteiger partial charge in [-0.25, -0.2) is 4.79 Å². The van der Waals surface area contributed by atoms with E-state index in [4.69, 9.17) is 0 Å². The zero-order chi connectivity index (χ0) is 15.2. The highest BCUT2D eigenvalue weighted by atomic mass is 79.9. The first-order valence-corrected chi connectivity index (χ1v) is 7.62. The van der Waals surface area contributed by atoms with Crippen molar-refractivity contribution >= 4 is 50.9 Å². The normalized spacial score (nSPS) is 10.6. The first-order chi connectivity index (χ1) is 10.1. The number of esters is 1. The summed E-state index contributed by atoms with van der Waals surface area (Å²) in [6.45, 7) is 0. The average molecular weight is 366 g/mol. The molecule has 0 atom stereocenters. The molecule has 1 N–H and O–H groups in total. The van der Waals surface area contributed by atoms with Crippen molar-refractivity contribution in [3.8, 4) is 0 Å². The van der Waals surface area contributed by atoms with Crippen LogP contribution < -0.4 is 5.32 Å². The van der Waals surface area contributed by atoms with Gasteiger partial charge in [-0.3, -0.25) is 4.79 Å². The van der Waals surface area contributed by atoms with Gasteiger partial charge in [0.2, 0.25) is 5.91 Å². The Morgan fingerprint density at radius 1 is 1.29 bits per heavy atom. The molecule has 4 nitrogen and oxygen atoms in total. The second-order valence-corrected chi connectivity index (χ2v) is 6.53. The predicted octanol–water partition coefficient (Wildman–Crippen LogP) is 3.95. The van der Waals surface area contributed by atoms with Crippen molar-refractivity contribution in [2.24, 2.45) is 0 Å². The Morgan fingerprint density at radius 3 is 2.76 bits per heavy atom. The van der Waals surface area contributed by atoms with E-state index in [1.54, 1.807) is 30.3 Å². The number of rotatable bonds is 4. The lowest BCUT2D eigenvalue weighted by Gasteiger charge is -2.04. The average Bonchev–Trinajstić information content (AvgIpc) is 2.90. The highest BCUT2D eigenvalue weighted by Gasteiger charge is 2.06. The van der Waals surface area contributed by atoms with Gasteiger partial charge in [0.25, 0.3) is 0 Å². The Balaban J connectivity index is 2.02. The Labute approximate surface area is 134 Å². The fourth-order valence-corrected chi connectivity index (χ4v) is 2.93. The number of hydrogen-bond acceptors (Lipinski definition) is 4. The second kappa shape index (κ2) is 7.19. The van der Waals surface area contributed by atoms with Gasteiger partial charge in [0, 0.05) is 16.6 Å². The number of thiophene rings is 1. The molecule has 1 heterocycles. The summed E-state index contributed by atoms with van der Waals surface area (Å²) in [5, 5.41) is 2.70. The number of halogens is 1. The van der Waals surface area contributed by atoms with E-state index in [0.29, 0.717) is 11.3 Å². The van der Waals surface area contributed by atoms with Gasteiger partial charge in [0.05, 0.1) is 16.5 Å². The van der Waals surface area contributed by atoms with Crippen LogP contribution in [0.25, 0.3) is 6.08 Å². The third-order valence-electron chi connectivity index (χ3n) is 2.54. The maximum Gasteiger partial charge on any atom is 0.337 e. The molecule has 0 spiro atoms. The number of ether oxygens (including phenoxy) is 1. The molecule has 0 saturated carbocycles. The number of methoxy groups -OCH3 is 1. The van der Waals surface area contributed by atoms with Crippen molar-refractivity contribution < 1.29 is 14.3 Å². The Bertz CT molecular complexity index is 694. The number of carbonyl (C=O) groups excluding carboxylic acids is 2. The van der Waals surface area contributed by atoms with Crippen molar-refractivity contribution in [3.63, 3.8) is 0 Å². The maximum atomic E-state index is 11.8. The van der Waals surface area contributed by atoms with Crippen LogP contribution in [0.1, 0.15) is 15.2 Å². The summed E-state index contributed by atoms with van der Waals surface area (Å²) in [4.78, 5) is 24.2. The molecule has 1 amide bonds. The first-order valence-electron chi connectivity index (χ1n) is 6.01. The smallest absolute Gasteiger partial charge is 0.337 e. The molecule has 0 radical (unpaired) electrons. The largest absolute Gasteiger partial charge is 0.465 e. The van der Waals surface area contributed by atoms with Crippen molar-refractivity contribution in [3.05, 3.63) is 56.7 Å². The highest BCUT2D eigenvalue weighted by molar-refractivity contribution is 9.11. The van der Waals surface area contributed by atoms with Gasteiger partial charge in [-0.15, -0.1) is 11.3 Å². The van der Waals surface area contributed by atoms with E-state index in [1.807, 2.05) is 12.1 Å². The van der Waals surface area contributed by atoms with Crippen LogP contribution in [0.2, 0.25) is 0 Å². The second-order valence-electron chi connectivity index (χ2n) is 4.04. The number of hydrogen-bond donors (Lipinski definition) is 1. The lowest BCUT2D eigenvalue weighted by Crippen LogP contribution is -2.09. The zero-order valence-electron chi connectivity index (χ0n) is 11.1. The molecular formula is C15H12BrNO3S. The fourth-order valence-electron chi connectivity index (χ4n) is 1.60. The van der Waals surface area contributed by atoms with E-state index in [2.05, 4.69) is 26.0 Å². The van der Waals surface area contributed by atoms with Crippen LogP contribution in [0.5, 0.6) is 0 Å². The van der Waals surface area contributed by atoms with Crippen LogP contribution in [-0.4, -0.2) is 19.0 Å². The molecule has 21 heavy (non-hydrogen) atoms. The monoisotopic (exact) mass is 365 g/mol. The van der Waals surface area contributed by atoms with Crippen molar-refractivity contribution in [1.82, 2.24) is 0 Å². The molecular weight excluding hydrogens is 354 g/mol. The van der Waals surface area contributed by atoms with Crippen LogP contribution in [0.3, 0.4) is 0 Å². The quantitative estimate of drug-likeness (QED) is 0.659. The van der Waals surface area contributed by atoms with Gasteiger partial charge in [0.15, 0.2) is 0 Å². The van der Waals surface area contributed by atoms with E-state index in [1.165, 1.54) is 24.5 Å². The van der Waals surface area contributed by atoms with Gasteiger partial charge < -0.3 is 10.1 Å². The summed E-state index contributed by atoms with van der Waals surface area (Å²) in [6.07, 6.45) is 3.18. The first kappa shape index (κ1) is 15.5. The number of anilines is 1. The fraction of sp³-hybridized carbons (Fsp3) is 0.0667. The summed E-state index contributed by atoms with van der Waals surface area (Å²) >= 11 is 4.90. The molecule has 0 saturated heterocycles. The van der Waals surface area contributed by atoms with Gasteiger partial charge in [-0.1, -0.05) is 6.07 Å². The van der Waals surface area contributed by atoms with Crippen LogP contribution in [0.15, 0.2) is 46.3 Å². The van der Waals surface area contributed by atoms with Crippen molar-refractivity contribution in [2.45, 2.75) is 0 Å². The summed E-state index contributed by atoms with van der Waals surface area (Å²) in [5.41, 5.74) is 0.932. The Hall–Kier alpha value is -1.92. The lowest BCUT2D eigenvalue weighted by molar-refractivity contribution is -0.111.